The van der Waals surface area contributed by atoms with Gasteiger partial charge in [0.15, 0.2) is 12.0 Å². The minimum absolute atomic E-state index is 0.244. The summed E-state index contributed by atoms with van der Waals surface area (Å²) >= 11 is 0. The van der Waals surface area contributed by atoms with Gasteiger partial charge in [-0.05, 0) is 12.1 Å². The van der Waals surface area contributed by atoms with Crippen LogP contribution in [-0.4, -0.2) is 37.8 Å². The average Bonchev–Trinajstić information content (AvgIpc) is 2.84. The van der Waals surface area contributed by atoms with Gasteiger partial charge in [0.25, 0.3) is 0 Å². The van der Waals surface area contributed by atoms with Gasteiger partial charge in [0.05, 0.1) is 20.3 Å². The number of ether oxygens (including phenoxy) is 2. The molecule has 19 heavy (non-hydrogen) atoms. The molecule has 0 unspecified atom stereocenters. The van der Waals surface area contributed by atoms with Gasteiger partial charge in [-0.15, -0.1) is 0 Å². The number of methoxy groups -OCH3 is 1. The van der Waals surface area contributed by atoms with Crippen LogP contribution in [0.4, 0.5) is 5.69 Å². The van der Waals surface area contributed by atoms with Gasteiger partial charge in [0.1, 0.15) is 10.9 Å². The number of rotatable bonds is 4. The average molecular weight is 262 g/mol. The summed E-state index contributed by atoms with van der Waals surface area (Å²) in [5.74, 6) is -0.244. The normalized spacial score (nSPS) is 16.9. The third-order valence-electron chi connectivity index (χ3n) is 3.34. The highest BCUT2D eigenvalue weighted by molar-refractivity contribution is 5.80. The van der Waals surface area contributed by atoms with E-state index in [1.54, 1.807) is 0 Å². The van der Waals surface area contributed by atoms with E-state index in [0.717, 1.165) is 11.2 Å². The number of nitrogens with zero attached hydrogens (tertiary/aromatic N) is 1. The molecule has 2 heterocycles. The van der Waals surface area contributed by atoms with Crippen LogP contribution in [0.15, 0.2) is 29.0 Å². The second-order valence-corrected chi connectivity index (χ2v) is 4.65. The highest BCUT2D eigenvalue weighted by atomic mass is 16.5. The van der Waals surface area contributed by atoms with Crippen molar-refractivity contribution >= 4 is 22.8 Å². The van der Waals surface area contributed by atoms with Crippen molar-refractivity contribution in [2.45, 2.75) is 0 Å². The van der Waals surface area contributed by atoms with E-state index in [-0.39, 0.29) is 5.97 Å². The van der Waals surface area contributed by atoms with Crippen molar-refractivity contribution < 1.29 is 18.7 Å². The maximum absolute atomic E-state index is 11.7. The number of hydrogen-bond donors (Lipinski definition) is 1. The molecule has 1 aromatic carbocycles. The first-order valence-corrected chi connectivity index (χ1v) is 5.97. The first-order chi connectivity index (χ1) is 9.23. The van der Waals surface area contributed by atoms with E-state index in [9.17, 15) is 4.79 Å². The Balaban J connectivity index is 1.72. The van der Waals surface area contributed by atoms with Crippen LogP contribution in [-0.2, 0) is 14.3 Å². The Hall–Kier alpha value is -2.08. The molecular weight excluding hydrogens is 248 g/mol. The number of fused-ring (bicyclic) bond motifs is 1. The Morgan fingerprint density at radius 1 is 1.53 bits per heavy atom. The van der Waals surface area contributed by atoms with Gasteiger partial charge in [-0.1, -0.05) is 0 Å². The van der Waals surface area contributed by atoms with Crippen molar-refractivity contribution in [3.8, 4) is 0 Å². The van der Waals surface area contributed by atoms with Gasteiger partial charge in [-0.2, -0.15) is 0 Å². The van der Waals surface area contributed by atoms with Crippen LogP contribution in [0.5, 0.6) is 0 Å². The summed E-state index contributed by atoms with van der Waals surface area (Å²) in [5.41, 5.74) is 1.81. The van der Waals surface area contributed by atoms with Crippen molar-refractivity contribution in [1.82, 2.24) is 4.98 Å². The zero-order valence-corrected chi connectivity index (χ0v) is 10.5. The van der Waals surface area contributed by atoms with Crippen molar-refractivity contribution in [2.75, 3.05) is 32.2 Å². The van der Waals surface area contributed by atoms with Crippen LogP contribution in [0, 0.1) is 5.41 Å². The lowest BCUT2D eigenvalue weighted by Gasteiger charge is -2.38. The molecule has 0 amide bonds. The van der Waals surface area contributed by atoms with Gasteiger partial charge in [-0.3, -0.25) is 4.79 Å². The monoisotopic (exact) mass is 262 g/mol. The van der Waals surface area contributed by atoms with Crippen LogP contribution in [0.2, 0.25) is 0 Å². The zero-order valence-electron chi connectivity index (χ0n) is 10.5. The number of aromatic nitrogens is 1. The number of esters is 1. The highest BCUT2D eigenvalue weighted by Crippen LogP contribution is 2.30. The van der Waals surface area contributed by atoms with E-state index in [0.29, 0.717) is 25.3 Å². The fourth-order valence-electron chi connectivity index (χ4n) is 2.09. The molecular formula is C13H14N2O4. The van der Waals surface area contributed by atoms with Crippen molar-refractivity contribution in [1.29, 1.82) is 0 Å². The molecule has 0 radical (unpaired) electrons. The predicted octanol–water partition coefficient (Wildman–Crippen LogP) is 1.43. The third-order valence-corrected chi connectivity index (χ3v) is 3.34. The predicted molar refractivity (Wildman–Crippen MR) is 67.8 cm³/mol. The molecule has 1 fully saturated rings. The number of benzene rings is 1. The standard InChI is InChI=1S/C13H14N2O4/c1-17-12(16)13(6-18-7-13)5-14-9-2-3-10-11(4-9)19-8-15-10/h2-4,8,14H,5-7H2,1H3. The molecule has 6 nitrogen and oxygen atoms in total. The fraction of sp³-hybridized carbons (Fsp3) is 0.385. The Kier molecular flexibility index (Phi) is 2.87. The van der Waals surface area contributed by atoms with E-state index in [2.05, 4.69) is 10.3 Å². The number of carbonyl (C=O) groups excluding carboxylic acids is 1. The molecule has 2 aromatic rings. The largest absolute Gasteiger partial charge is 0.468 e. The van der Waals surface area contributed by atoms with Crippen LogP contribution in [0.25, 0.3) is 11.1 Å². The molecule has 1 N–H and O–H groups in total. The second kappa shape index (κ2) is 4.55. The zero-order chi connectivity index (χ0) is 13.3. The Morgan fingerprint density at radius 2 is 2.37 bits per heavy atom. The molecule has 100 valence electrons. The van der Waals surface area contributed by atoms with Gasteiger partial charge in [0.2, 0.25) is 0 Å². The molecule has 1 saturated heterocycles. The van der Waals surface area contributed by atoms with Crippen LogP contribution in [0.1, 0.15) is 0 Å². The van der Waals surface area contributed by atoms with Gasteiger partial charge in [-0.25, -0.2) is 4.98 Å². The fourth-order valence-corrected chi connectivity index (χ4v) is 2.09. The molecule has 3 rings (SSSR count). The Morgan fingerprint density at radius 3 is 3.05 bits per heavy atom. The minimum Gasteiger partial charge on any atom is -0.468 e. The lowest BCUT2D eigenvalue weighted by atomic mass is 9.86. The summed E-state index contributed by atoms with van der Waals surface area (Å²) in [4.78, 5) is 15.8. The number of hydrogen-bond acceptors (Lipinski definition) is 6. The molecule has 1 aliphatic heterocycles. The summed E-state index contributed by atoms with van der Waals surface area (Å²) < 4.78 is 15.2. The summed E-state index contributed by atoms with van der Waals surface area (Å²) in [6, 6.07) is 5.62. The number of nitrogens with one attached hydrogen (secondary N) is 1. The lowest BCUT2D eigenvalue weighted by molar-refractivity contribution is -0.180. The molecule has 6 heteroatoms. The maximum atomic E-state index is 11.7. The summed E-state index contributed by atoms with van der Waals surface area (Å²) in [6.07, 6.45) is 1.41. The lowest BCUT2D eigenvalue weighted by Crippen LogP contribution is -2.54. The van der Waals surface area contributed by atoms with Crippen molar-refractivity contribution in [2.24, 2.45) is 5.41 Å². The SMILES string of the molecule is COC(=O)C1(CNc2ccc3ncoc3c2)COC1. The molecule has 0 aliphatic carbocycles. The topological polar surface area (TPSA) is 73.6 Å². The van der Waals surface area contributed by atoms with Crippen molar-refractivity contribution in [3.63, 3.8) is 0 Å². The molecule has 1 aliphatic rings. The van der Waals surface area contributed by atoms with Crippen LogP contribution < -0.4 is 5.32 Å². The van der Waals surface area contributed by atoms with E-state index >= 15 is 0 Å². The molecule has 0 spiro atoms. The molecule has 0 atom stereocenters. The number of carbonyl (C=O) groups is 1. The molecule has 0 bridgehead atoms. The smallest absolute Gasteiger partial charge is 0.318 e. The van der Waals surface area contributed by atoms with E-state index in [1.807, 2.05) is 18.2 Å². The van der Waals surface area contributed by atoms with Crippen LogP contribution in [0.3, 0.4) is 0 Å². The van der Waals surface area contributed by atoms with Gasteiger partial charge >= 0.3 is 5.97 Å². The first kappa shape index (κ1) is 12.0. The third kappa shape index (κ3) is 2.04. The molecule has 1 aromatic heterocycles. The summed E-state index contributed by atoms with van der Waals surface area (Å²) in [6.45, 7) is 1.24. The Bertz CT molecular complexity index is 603. The van der Waals surface area contributed by atoms with E-state index < -0.39 is 5.41 Å². The second-order valence-electron chi connectivity index (χ2n) is 4.65. The van der Waals surface area contributed by atoms with E-state index in [4.69, 9.17) is 13.9 Å². The summed E-state index contributed by atoms with van der Waals surface area (Å²) in [5, 5.41) is 3.22. The summed E-state index contributed by atoms with van der Waals surface area (Å²) in [7, 11) is 1.39. The first-order valence-electron chi connectivity index (χ1n) is 5.97. The minimum atomic E-state index is -0.578. The number of oxazole rings is 1. The van der Waals surface area contributed by atoms with Crippen LogP contribution >= 0.6 is 0 Å². The van der Waals surface area contributed by atoms with Gasteiger partial charge in [0, 0.05) is 18.3 Å². The van der Waals surface area contributed by atoms with Crippen molar-refractivity contribution in [3.05, 3.63) is 24.6 Å². The van der Waals surface area contributed by atoms with E-state index in [1.165, 1.54) is 13.5 Å². The van der Waals surface area contributed by atoms with Gasteiger partial charge < -0.3 is 19.2 Å². The number of anilines is 1. The molecule has 0 saturated carbocycles. The highest BCUT2D eigenvalue weighted by Gasteiger charge is 2.47. The quantitative estimate of drug-likeness (QED) is 0.840. The Labute approximate surface area is 109 Å². The maximum Gasteiger partial charge on any atom is 0.318 e.